The van der Waals surface area contributed by atoms with Gasteiger partial charge in [0, 0.05) is 0 Å². The molecule has 0 spiro atoms. The van der Waals surface area contributed by atoms with E-state index < -0.39 is 18.4 Å². The summed E-state index contributed by atoms with van der Waals surface area (Å²) >= 11 is -2.80. The molecule has 0 fully saturated rings. The molecule has 4 aromatic rings. The molecule has 6 rings (SSSR count). The first-order chi connectivity index (χ1) is 14.2. The molecule has 0 saturated heterocycles. The molecule has 0 unspecified atom stereocenters. The quantitative estimate of drug-likeness (QED) is 0.263. The Hall–Kier alpha value is -2.32. The van der Waals surface area contributed by atoms with Crippen molar-refractivity contribution in [3.05, 3.63) is 119 Å². The van der Waals surface area contributed by atoms with Gasteiger partial charge in [-0.3, -0.25) is 0 Å². The summed E-state index contributed by atoms with van der Waals surface area (Å²) in [5.74, 6) is 0. The summed E-state index contributed by atoms with van der Waals surface area (Å²) in [4.78, 5) is 5.36. The van der Waals surface area contributed by atoms with E-state index in [4.69, 9.17) is 0 Å². The zero-order valence-corrected chi connectivity index (χ0v) is 19.7. The van der Waals surface area contributed by atoms with Crippen LogP contribution in [0.2, 0.25) is 9.88 Å². The van der Waals surface area contributed by atoms with Gasteiger partial charge in [0.05, 0.1) is 0 Å². The molecular weight excluding hydrogens is 455 g/mol. The molecule has 0 aliphatic heterocycles. The number of rotatable bonds is 2. The normalized spacial score (nSPS) is 15.0. The minimum absolute atomic E-state index is 0.584. The third kappa shape index (κ3) is 2.39. The Kier molecular flexibility index (Phi) is 3.83. The van der Waals surface area contributed by atoms with Gasteiger partial charge in [0.2, 0.25) is 0 Å². The summed E-state index contributed by atoms with van der Waals surface area (Å²) in [6, 6.07) is 36.6. The molecule has 1 heteroatoms. The van der Waals surface area contributed by atoms with Crippen LogP contribution in [0.5, 0.6) is 0 Å². The van der Waals surface area contributed by atoms with Crippen LogP contribution in [0.4, 0.5) is 0 Å². The molecular formula is C28H24Sn. The third-order valence-electron chi connectivity index (χ3n) is 7.16. The standard InChI is InChI=1S/2C13H9.2CH3.Sn/c2*1-3-7-12-10(5-1)9-11-6-2-4-8-13(11)12;;;/h2*1-9H;2*1H3;. The van der Waals surface area contributed by atoms with E-state index in [2.05, 4.69) is 107 Å². The first kappa shape index (κ1) is 17.5. The fourth-order valence-corrected chi connectivity index (χ4v) is 19.1. The summed E-state index contributed by atoms with van der Waals surface area (Å²) in [5.41, 5.74) is 12.1. The second-order valence-electron chi connectivity index (χ2n) is 9.04. The van der Waals surface area contributed by atoms with Crippen LogP contribution in [0.15, 0.2) is 97.1 Å². The van der Waals surface area contributed by atoms with E-state index in [0.29, 0.717) is 7.87 Å². The van der Waals surface area contributed by atoms with Crippen LogP contribution < -0.4 is 0 Å². The molecule has 0 saturated carbocycles. The predicted octanol–water partition coefficient (Wildman–Crippen LogP) is 7.40. The Morgan fingerprint density at radius 1 is 0.414 bits per heavy atom. The van der Waals surface area contributed by atoms with Gasteiger partial charge in [-0.05, 0) is 0 Å². The second-order valence-corrected chi connectivity index (χ2v) is 22.7. The van der Waals surface area contributed by atoms with Gasteiger partial charge in [-0.1, -0.05) is 0 Å². The Morgan fingerprint density at radius 3 is 0.931 bits per heavy atom. The zero-order valence-electron chi connectivity index (χ0n) is 16.9. The van der Waals surface area contributed by atoms with Crippen LogP contribution >= 0.6 is 0 Å². The zero-order chi connectivity index (χ0) is 19.6. The average molecular weight is 479 g/mol. The van der Waals surface area contributed by atoms with Crippen LogP contribution in [0.3, 0.4) is 0 Å². The molecule has 0 amide bonds. The summed E-state index contributed by atoms with van der Waals surface area (Å²) in [7, 11) is 0. The van der Waals surface area contributed by atoms with Crippen molar-refractivity contribution in [1.82, 2.24) is 0 Å². The molecule has 2 aliphatic rings. The Labute approximate surface area is 177 Å². The van der Waals surface area contributed by atoms with E-state index in [9.17, 15) is 0 Å². The van der Waals surface area contributed by atoms with Crippen molar-refractivity contribution in [1.29, 1.82) is 0 Å². The third-order valence-corrected chi connectivity index (χ3v) is 19.2. The maximum atomic E-state index is 2.68. The Bertz CT molecular complexity index is 1060. The summed E-state index contributed by atoms with van der Waals surface area (Å²) < 4.78 is 1.17. The van der Waals surface area contributed by atoms with Crippen molar-refractivity contribution >= 4 is 18.4 Å². The van der Waals surface area contributed by atoms with Crippen LogP contribution in [-0.4, -0.2) is 18.4 Å². The summed E-state index contributed by atoms with van der Waals surface area (Å²) in [5, 5.41) is 0. The van der Waals surface area contributed by atoms with Gasteiger partial charge in [0.1, 0.15) is 0 Å². The molecule has 29 heavy (non-hydrogen) atoms. The van der Waals surface area contributed by atoms with Crippen molar-refractivity contribution in [2.45, 2.75) is 17.7 Å². The molecule has 2 aliphatic carbocycles. The summed E-state index contributed by atoms with van der Waals surface area (Å²) in [6.45, 7) is 0. The van der Waals surface area contributed by atoms with Gasteiger partial charge in [-0.15, -0.1) is 0 Å². The predicted molar refractivity (Wildman–Crippen MR) is 125 cm³/mol. The number of hydrogen-bond donors (Lipinski definition) is 0. The van der Waals surface area contributed by atoms with Crippen molar-refractivity contribution in [3.63, 3.8) is 0 Å². The molecule has 0 N–H and O–H groups in total. The topological polar surface area (TPSA) is 0 Å². The Morgan fingerprint density at radius 2 is 0.655 bits per heavy atom. The number of benzene rings is 4. The van der Waals surface area contributed by atoms with Gasteiger partial charge in [-0.25, -0.2) is 0 Å². The maximum absolute atomic E-state index is 2.80. The average Bonchev–Trinajstić information content (AvgIpc) is 3.28. The molecule has 0 radical (unpaired) electrons. The first-order valence-corrected chi connectivity index (χ1v) is 19.5. The molecule has 140 valence electrons. The molecule has 0 atom stereocenters. The number of fused-ring (bicyclic) bond motifs is 6. The monoisotopic (exact) mass is 480 g/mol. The fourth-order valence-electron chi connectivity index (χ4n) is 6.08. The van der Waals surface area contributed by atoms with Crippen molar-refractivity contribution in [2.24, 2.45) is 0 Å². The summed E-state index contributed by atoms with van der Waals surface area (Å²) in [6.07, 6.45) is 0. The van der Waals surface area contributed by atoms with Crippen molar-refractivity contribution in [2.75, 3.05) is 0 Å². The van der Waals surface area contributed by atoms with Gasteiger partial charge in [0.15, 0.2) is 0 Å². The van der Waals surface area contributed by atoms with Crippen molar-refractivity contribution < 1.29 is 0 Å². The van der Waals surface area contributed by atoms with Gasteiger partial charge in [-0.2, -0.15) is 0 Å². The van der Waals surface area contributed by atoms with Crippen molar-refractivity contribution in [3.8, 4) is 22.3 Å². The molecule has 4 aromatic carbocycles. The minimum atomic E-state index is -2.80. The first-order valence-electron chi connectivity index (χ1n) is 10.5. The van der Waals surface area contributed by atoms with Gasteiger partial charge < -0.3 is 0 Å². The van der Waals surface area contributed by atoms with Gasteiger partial charge >= 0.3 is 178 Å². The molecule has 0 bridgehead atoms. The van der Waals surface area contributed by atoms with E-state index in [1.165, 1.54) is 22.3 Å². The van der Waals surface area contributed by atoms with Crippen LogP contribution in [0.1, 0.15) is 30.1 Å². The van der Waals surface area contributed by atoms with E-state index >= 15 is 0 Å². The fraction of sp³-hybridized carbons (Fsp3) is 0.143. The SMILES string of the molecule is [CH3][Sn]([CH3])([CH]1c2ccccc2-c2ccccc21)[CH]1c2ccccc2-c2ccccc21. The second kappa shape index (κ2) is 6.34. The van der Waals surface area contributed by atoms with E-state index in [1.54, 1.807) is 22.3 Å². The number of hydrogen-bond acceptors (Lipinski definition) is 0. The molecule has 0 nitrogen and oxygen atoms in total. The van der Waals surface area contributed by atoms with E-state index in [-0.39, 0.29) is 0 Å². The van der Waals surface area contributed by atoms with E-state index in [0.717, 1.165) is 0 Å². The molecule has 0 heterocycles. The van der Waals surface area contributed by atoms with Crippen LogP contribution in [-0.2, 0) is 0 Å². The Balaban J connectivity index is 1.61. The molecule has 0 aromatic heterocycles. The van der Waals surface area contributed by atoms with Gasteiger partial charge in [0.25, 0.3) is 0 Å². The van der Waals surface area contributed by atoms with Crippen LogP contribution in [0.25, 0.3) is 22.3 Å². The van der Waals surface area contributed by atoms with Crippen LogP contribution in [0, 0.1) is 0 Å². The van der Waals surface area contributed by atoms with E-state index in [1.807, 2.05) is 0 Å².